The van der Waals surface area contributed by atoms with Gasteiger partial charge in [0.2, 0.25) is 23.6 Å². The maximum atomic E-state index is 14.5. The quantitative estimate of drug-likeness (QED) is 0.0442. The first-order valence-corrected chi connectivity index (χ1v) is 28.5. The summed E-state index contributed by atoms with van der Waals surface area (Å²) in [5.41, 5.74) is -1.25. The minimum Gasteiger partial charge on any atom is -0.444 e. The number of benzene rings is 1. The highest BCUT2D eigenvalue weighted by Crippen LogP contribution is 2.65. The Morgan fingerprint density at radius 3 is 1.73 bits per heavy atom. The van der Waals surface area contributed by atoms with Crippen molar-refractivity contribution < 1.29 is 57.1 Å². The number of unbranched alkanes of at least 4 members (excludes halogenated alkanes) is 2. The Hall–Kier alpha value is -5.15. The molecule has 2 saturated heterocycles. The largest absolute Gasteiger partial charge is 0.481 e. The van der Waals surface area contributed by atoms with Crippen molar-refractivity contribution in [2.24, 2.45) is 17.3 Å². The molecular weight excluding hydrogens is 999 g/mol. The molecule has 3 aliphatic carbocycles. The van der Waals surface area contributed by atoms with Crippen molar-refractivity contribution in [3.8, 4) is 0 Å². The second-order valence-corrected chi connectivity index (χ2v) is 25.9. The summed E-state index contributed by atoms with van der Waals surface area (Å²) in [6.07, 6.45) is 3.45. The standard InChI is InChI=1S/C57H95BN8O12/c1-35(46(67)63-41(25-19-21-29-59-51(72)75-54(7,8)9)47(68)62-37(3)58-77-44-34-40-33-43(56(40,13)14)57(44,15)78-58)61-49(70)45(36(2)74-53(4,5)6)65-48(69)42(26-20-22-30-60-52(73)76-55(10,11)12)64-50(71)66-31-27-39(28-32-66)38-23-17-16-18-24-38/h16-18,23-24,35-37,39-45H,19-22,25-34H2,1-15H3,(H,59,72)(H,60,73)(H,61,70)(H,62,68)(H,63,67)(H,64,71)(H,65,69). The van der Waals surface area contributed by atoms with Gasteiger partial charge in [0, 0.05) is 26.2 Å². The molecule has 5 fully saturated rings. The third-order valence-corrected chi connectivity index (χ3v) is 15.6. The molecule has 6 rings (SSSR count). The van der Waals surface area contributed by atoms with Crippen LogP contribution in [0.5, 0.6) is 0 Å². The van der Waals surface area contributed by atoms with E-state index in [1.807, 2.05) is 45.9 Å². The van der Waals surface area contributed by atoms with E-state index in [2.05, 4.69) is 70.1 Å². The smallest absolute Gasteiger partial charge is 0.444 e. The number of alkyl carbamates (subject to hydrolysis) is 2. The number of rotatable bonds is 23. The molecule has 1 aromatic rings. The molecule has 3 saturated carbocycles. The molecule has 10 atom stereocenters. The van der Waals surface area contributed by atoms with Gasteiger partial charge < -0.3 is 65.6 Å². The van der Waals surface area contributed by atoms with Crippen molar-refractivity contribution in [1.82, 2.24) is 42.1 Å². The average Bonchev–Trinajstić information content (AvgIpc) is 3.77. The van der Waals surface area contributed by atoms with Gasteiger partial charge in [0.25, 0.3) is 0 Å². The fraction of sp³-hybridized carbons (Fsp3) is 0.772. The van der Waals surface area contributed by atoms with Gasteiger partial charge >= 0.3 is 25.3 Å². The summed E-state index contributed by atoms with van der Waals surface area (Å²) >= 11 is 0. The normalized spacial score (nSPS) is 23.3. The van der Waals surface area contributed by atoms with Crippen molar-refractivity contribution in [3.63, 3.8) is 0 Å². The molecule has 8 amide bonds. The van der Waals surface area contributed by atoms with Crippen molar-refractivity contribution >= 4 is 49.0 Å². The lowest BCUT2D eigenvalue weighted by molar-refractivity contribution is -0.199. The van der Waals surface area contributed by atoms with Gasteiger partial charge in [0.05, 0.1) is 29.4 Å². The number of amides is 8. The van der Waals surface area contributed by atoms with Gasteiger partial charge in [-0.25, -0.2) is 14.4 Å². The minimum atomic E-state index is -1.34. The van der Waals surface area contributed by atoms with E-state index < -0.39 is 108 Å². The molecule has 5 aliphatic rings. The van der Waals surface area contributed by atoms with Gasteiger partial charge in [-0.2, -0.15) is 0 Å². The zero-order valence-electron chi connectivity index (χ0n) is 49.5. The monoisotopic (exact) mass is 1090 g/mol. The van der Waals surface area contributed by atoms with Gasteiger partial charge in [-0.15, -0.1) is 0 Å². The Balaban J connectivity index is 1.26. The van der Waals surface area contributed by atoms with E-state index in [9.17, 15) is 33.6 Å². The molecule has 438 valence electrons. The van der Waals surface area contributed by atoms with E-state index >= 15 is 0 Å². The van der Waals surface area contributed by atoms with Gasteiger partial charge in [0.15, 0.2) is 0 Å². The molecule has 20 nitrogen and oxygen atoms in total. The summed E-state index contributed by atoms with van der Waals surface area (Å²) in [5, 5.41) is 19.9. The second-order valence-electron chi connectivity index (χ2n) is 25.9. The summed E-state index contributed by atoms with van der Waals surface area (Å²) in [6.45, 7) is 29.2. The molecule has 78 heavy (non-hydrogen) atoms. The lowest BCUT2D eigenvalue weighted by Crippen LogP contribution is -2.65. The maximum Gasteiger partial charge on any atom is 0.481 e. The fourth-order valence-corrected chi connectivity index (χ4v) is 11.3. The van der Waals surface area contributed by atoms with Crippen LogP contribution in [0.25, 0.3) is 0 Å². The molecule has 10 unspecified atom stereocenters. The number of carbonyl (C=O) groups excluding carboxylic acids is 7. The molecule has 0 spiro atoms. The highest BCUT2D eigenvalue weighted by molar-refractivity contribution is 6.47. The van der Waals surface area contributed by atoms with E-state index in [1.165, 1.54) is 12.5 Å². The summed E-state index contributed by atoms with van der Waals surface area (Å²) in [7, 11) is -0.706. The lowest BCUT2D eigenvalue weighted by atomic mass is 9.43. The highest BCUT2D eigenvalue weighted by Gasteiger charge is 2.68. The van der Waals surface area contributed by atoms with Gasteiger partial charge in [-0.05, 0) is 183 Å². The zero-order valence-corrected chi connectivity index (χ0v) is 49.5. The molecular formula is C57H95BN8O12. The number of urea groups is 1. The van der Waals surface area contributed by atoms with E-state index in [0.29, 0.717) is 56.5 Å². The Kier molecular flexibility index (Phi) is 21.9. The van der Waals surface area contributed by atoms with Crippen LogP contribution in [0.4, 0.5) is 14.4 Å². The summed E-state index contributed by atoms with van der Waals surface area (Å²) in [4.78, 5) is 97.5. The predicted molar refractivity (Wildman–Crippen MR) is 298 cm³/mol. The SMILES string of the molecule is CC(NC(=O)C(CCCCNC(=O)OC(C)(C)C)NC(=O)C(C)NC(=O)C(NC(=O)C(CCCCNC(=O)OC(C)(C)C)NC(=O)N1CCC(c2ccccc2)CC1)C(C)OC(C)(C)C)B1OC2CC3CC(C3(C)C)C2(C)O1. The Morgan fingerprint density at radius 1 is 0.667 bits per heavy atom. The first-order chi connectivity index (χ1) is 36.3. The van der Waals surface area contributed by atoms with Crippen LogP contribution in [0.3, 0.4) is 0 Å². The topological polar surface area (TPSA) is 253 Å². The second kappa shape index (κ2) is 26.9. The minimum absolute atomic E-state index is 0.0981. The first-order valence-electron chi connectivity index (χ1n) is 28.5. The van der Waals surface area contributed by atoms with Gasteiger partial charge in [-0.3, -0.25) is 19.2 Å². The molecule has 1 aromatic carbocycles. The van der Waals surface area contributed by atoms with E-state index in [-0.39, 0.29) is 37.5 Å². The molecule has 2 heterocycles. The van der Waals surface area contributed by atoms with Gasteiger partial charge in [0.1, 0.15) is 35.4 Å². The van der Waals surface area contributed by atoms with Crippen molar-refractivity contribution in [2.45, 2.75) is 239 Å². The van der Waals surface area contributed by atoms with E-state index in [0.717, 1.165) is 25.7 Å². The predicted octanol–water partition coefficient (Wildman–Crippen LogP) is 6.78. The van der Waals surface area contributed by atoms with E-state index in [4.69, 9.17) is 23.5 Å². The molecule has 2 bridgehead atoms. The number of likely N-dealkylation sites (tertiary alicyclic amines) is 1. The number of carbonyl (C=O) groups is 7. The average molecular weight is 1100 g/mol. The maximum absolute atomic E-state index is 14.5. The van der Waals surface area contributed by atoms with Gasteiger partial charge in [-0.1, -0.05) is 44.2 Å². The van der Waals surface area contributed by atoms with Crippen molar-refractivity contribution in [3.05, 3.63) is 35.9 Å². The van der Waals surface area contributed by atoms with Crippen LogP contribution >= 0.6 is 0 Å². The Morgan fingerprint density at radius 2 is 1.21 bits per heavy atom. The molecule has 0 radical (unpaired) electrons. The van der Waals surface area contributed by atoms with Crippen LogP contribution in [0, 0.1) is 17.3 Å². The third kappa shape index (κ3) is 18.5. The molecule has 21 heteroatoms. The van der Waals surface area contributed by atoms with Crippen molar-refractivity contribution in [2.75, 3.05) is 26.2 Å². The number of nitrogens with zero attached hydrogens (tertiary/aromatic N) is 1. The Bertz CT molecular complexity index is 2210. The summed E-state index contributed by atoms with van der Waals surface area (Å²) in [6, 6.07) is 5.06. The third-order valence-electron chi connectivity index (χ3n) is 15.6. The van der Waals surface area contributed by atoms with Crippen LogP contribution in [-0.4, -0.2) is 145 Å². The Labute approximate surface area is 464 Å². The summed E-state index contributed by atoms with van der Waals surface area (Å²) < 4.78 is 30.1. The number of hydrogen-bond acceptors (Lipinski definition) is 12. The van der Waals surface area contributed by atoms with Crippen LogP contribution in [0.2, 0.25) is 0 Å². The number of nitrogens with one attached hydrogen (secondary N) is 7. The molecule has 0 aromatic heterocycles. The first kappa shape index (κ1) is 63.7. The lowest BCUT2D eigenvalue weighted by Gasteiger charge is -2.64. The highest BCUT2D eigenvalue weighted by atomic mass is 16.7. The van der Waals surface area contributed by atoms with Crippen LogP contribution < -0.4 is 37.2 Å². The molecule has 7 N–H and O–H groups in total. The number of hydrogen-bond donors (Lipinski definition) is 7. The van der Waals surface area contributed by atoms with Crippen LogP contribution in [0.15, 0.2) is 30.3 Å². The van der Waals surface area contributed by atoms with Crippen LogP contribution in [0.1, 0.15) is 180 Å². The van der Waals surface area contributed by atoms with E-state index in [1.54, 1.807) is 53.4 Å². The van der Waals surface area contributed by atoms with Crippen LogP contribution in [-0.2, 0) is 42.7 Å². The fourth-order valence-electron chi connectivity index (χ4n) is 11.3. The molecule has 2 aliphatic heterocycles. The number of piperidine rings is 1. The summed E-state index contributed by atoms with van der Waals surface area (Å²) in [5.74, 6) is -1.92. The zero-order chi connectivity index (χ0) is 58.0. The number of ether oxygens (including phenoxy) is 3. The van der Waals surface area contributed by atoms with Crippen molar-refractivity contribution in [1.29, 1.82) is 0 Å².